The lowest BCUT2D eigenvalue weighted by Crippen LogP contribution is -2.21. The van der Waals surface area contributed by atoms with E-state index in [4.69, 9.17) is 4.74 Å². The molecule has 1 aromatic heterocycles. The van der Waals surface area contributed by atoms with E-state index in [0.717, 1.165) is 38.6 Å². The van der Waals surface area contributed by atoms with Crippen LogP contribution in [-0.2, 0) is 18.3 Å². The van der Waals surface area contributed by atoms with Gasteiger partial charge in [0.25, 0.3) is 0 Å². The van der Waals surface area contributed by atoms with Crippen LogP contribution in [0.25, 0.3) is 0 Å². The zero-order chi connectivity index (χ0) is 11.8. The van der Waals surface area contributed by atoms with E-state index < -0.39 is 0 Å². The zero-order valence-electron chi connectivity index (χ0n) is 10.6. The Kier molecular flexibility index (Phi) is 6.11. The number of hydrogen-bond donors (Lipinski definition) is 1. The molecule has 0 saturated heterocycles. The Morgan fingerprint density at radius 2 is 2.25 bits per heavy atom. The fourth-order valence-corrected chi connectivity index (χ4v) is 1.36. The van der Waals surface area contributed by atoms with Crippen LogP contribution in [0.2, 0.25) is 0 Å². The molecule has 0 unspecified atom stereocenters. The Bertz CT molecular complexity index is 284. The highest BCUT2D eigenvalue weighted by atomic mass is 16.5. The van der Waals surface area contributed by atoms with E-state index in [9.17, 15) is 0 Å². The minimum Gasteiger partial charge on any atom is -0.380 e. The molecule has 0 radical (unpaired) electrons. The second kappa shape index (κ2) is 7.41. The van der Waals surface area contributed by atoms with Gasteiger partial charge in [0.15, 0.2) is 0 Å². The first-order valence-electron chi connectivity index (χ1n) is 5.95. The predicted octanol–water partition coefficient (Wildman–Crippen LogP) is 1.57. The van der Waals surface area contributed by atoms with Gasteiger partial charge in [0, 0.05) is 32.9 Å². The second-order valence-corrected chi connectivity index (χ2v) is 4.42. The first-order valence-corrected chi connectivity index (χ1v) is 5.95. The third-order valence-corrected chi connectivity index (χ3v) is 2.49. The zero-order valence-corrected chi connectivity index (χ0v) is 10.6. The summed E-state index contributed by atoms with van der Waals surface area (Å²) in [7, 11) is 1.95. The highest BCUT2D eigenvalue weighted by Crippen LogP contribution is 1.98. The Balaban J connectivity index is 1.94. The molecule has 0 atom stereocenters. The molecule has 92 valence electrons. The lowest BCUT2D eigenvalue weighted by Gasteiger charge is -2.07. The smallest absolute Gasteiger partial charge is 0.0591 e. The van der Waals surface area contributed by atoms with Gasteiger partial charge in [-0.15, -0.1) is 0 Å². The average Bonchev–Trinajstić information content (AvgIpc) is 2.62. The maximum Gasteiger partial charge on any atom is 0.0591 e. The van der Waals surface area contributed by atoms with Crippen LogP contribution in [0.15, 0.2) is 12.3 Å². The van der Waals surface area contributed by atoms with Crippen molar-refractivity contribution < 1.29 is 4.74 Å². The molecule has 16 heavy (non-hydrogen) atoms. The normalized spacial score (nSPS) is 11.2. The molecular formula is C12H23N3O. The summed E-state index contributed by atoms with van der Waals surface area (Å²) in [6.45, 7) is 7.82. The molecule has 1 rings (SSSR count). The van der Waals surface area contributed by atoms with Crippen LogP contribution in [0.4, 0.5) is 0 Å². The summed E-state index contributed by atoms with van der Waals surface area (Å²) in [4.78, 5) is 0. The molecule has 0 bridgehead atoms. The third-order valence-electron chi connectivity index (χ3n) is 2.49. The number of aromatic nitrogens is 2. The molecule has 0 aliphatic heterocycles. The first-order chi connectivity index (χ1) is 7.70. The number of aryl methyl sites for hydroxylation is 1. The van der Waals surface area contributed by atoms with Gasteiger partial charge in [-0.3, -0.25) is 4.68 Å². The highest BCUT2D eigenvalue weighted by Gasteiger charge is 1.97. The van der Waals surface area contributed by atoms with Crippen LogP contribution in [0, 0.1) is 5.92 Å². The molecule has 0 aromatic carbocycles. The van der Waals surface area contributed by atoms with E-state index in [1.807, 2.05) is 24.0 Å². The molecule has 4 heteroatoms. The molecule has 0 aliphatic carbocycles. The number of nitrogens with zero attached hydrogens (tertiary/aromatic N) is 2. The molecule has 0 saturated carbocycles. The first kappa shape index (κ1) is 13.2. The Hall–Kier alpha value is -0.870. The van der Waals surface area contributed by atoms with Crippen LogP contribution in [-0.4, -0.2) is 29.5 Å². The summed E-state index contributed by atoms with van der Waals surface area (Å²) in [5.41, 5.74) is 1.20. The van der Waals surface area contributed by atoms with Crippen LogP contribution in [0.1, 0.15) is 26.0 Å². The number of rotatable bonds is 8. The van der Waals surface area contributed by atoms with E-state index in [1.54, 1.807) is 0 Å². The van der Waals surface area contributed by atoms with E-state index in [-0.39, 0.29) is 0 Å². The van der Waals surface area contributed by atoms with Gasteiger partial charge < -0.3 is 10.1 Å². The summed E-state index contributed by atoms with van der Waals surface area (Å²) >= 11 is 0. The average molecular weight is 225 g/mol. The number of hydrogen-bond acceptors (Lipinski definition) is 3. The topological polar surface area (TPSA) is 39.1 Å². The van der Waals surface area contributed by atoms with Gasteiger partial charge in [-0.2, -0.15) is 5.10 Å². The summed E-state index contributed by atoms with van der Waals surface area (Å²) in [5.74, 6) is 0.724. The van der Waals surface area contributed by atoms with Crippen LogP contribution in [0.3, 0.4) is 0 Å². The lowest BCUT2D eigenvalue weighted by molar-refractivity contribution is 0.125. The van der Waals surface area contributed by atoms with E-state index in [2.05, 4.69) is 24.3 Å². The van der Waals surface area contributed by atoms with Gasteiger partial charge in [-0.1, -0.05) is 13.8 Å². The Morgan fingerprint density at radius 1 is 1.44 bits per heavy atom. The van der Waals surface area contributed by atoms with E-state index >= 15 is 0 Å². The summed E-state index contributed by atoms with van der Waals surface area (Å²) < 4.78 is 7.39. The SMILES string of the molecule is CC(C)CCOCCNCc1ccnn1C. The standard InChI is InChI=1S/C12H23N3O/c1-11(2)5-8-16-9-7-13-10-12-4-6-14-15(12)3/h4,6,11,13H,5,7-10H2,1-3H3. The van der Waals surface area contributed by atoms with Crippen molar-refractivity contribution in [2.24, 2.45) is 13.0 Å². The maximum absolute atomic E-state index is 5.51. The highest BCUT2D eigenvalue weighted by molar-refractivity contribution is 4.98. The molecule has 1 aromatic rings. The van der Waals surface area contributed by atoms with Gasteiger partial charge >= 0.3 is 0 Å². The second-order valence-electron chi connectivity index (χ2n) is 4.42. The molecule has 1 N–H and O–H groups in total. The molecule has 0 amide bonds. The Labute approximate surface area is 98.0 Å². The summed E-state index contributed by atoms with van der Waals surface area (Å²) in [5, 5.41) is 7.44. The van der Waals surface area contributed by atoms with Crippen molar-refractivity contribution in [3.8, 4) is 0 Å². The molecule has 0 aliphatic rings. The quantitative estimate of drug-likeness (QED) is 0.683. The molecule has 0 fully saturated rings. The molecular weight excluding hydrogens is 202 g/mol. The van der Waals surface area contributed by atoms with Crippen LogP contribution >= 0.6 is 0 Å². The van der Waals surface area contributed by atoms with Gasteiger partial charge in [-0.05, 0) is 18.4 Å². The number of nitrogens with one attached hydrogen (secondary N) is 1. The minimum absolute atomic E-state index is 0.724. The van der Waals surface area contributed by atoms with Gasteiger partial charge in [0.1, 0.15) is 0 Å². The van der Waals surface area contributed by atoms with Gasteiger partial charge in [0.2, 0.25) is 0 Å². The molecule has 0 spiro atoms. The van der Waals surface area contributed by atoms with Crippen molar-refractivity contribution in [3.63, 3.8) is 0 Å². The fraction of sp³-hybridized carbons (Fsp3) is 0.750. The van der Waals surface area contributed by atoms with Crippen molar-refractivity contribution in [1.29, 1.82) is 0 Å². The third kappa shape index (κ3) is 5.28. The minimum atomic E-state index is 0.724. The monoisotopic (exact) mass is 225 g/mol. The van der Waals surface area contributed by atoms with Crippen LogP contribution < -0.4 is 5.32 Å². The summed E-state index contributed by atoms with van der Waals surface area (Å²) in [6.07, 6.45) is 2.96. The predicted molar refractivity (Wildman–Crippen MR) is 65.2 cm³/mol. The van der Waals surface area contributed by atoms with Crippen molar-refractivity contribution >= 4 is 0 Å². The van der Waals surface area contributed by atoms with Crippen LogP contribution in [0.5, 0.6) is 0 Å². The lowest BCUT2D eigenvalue weighted by atomic mass is 10.1. The largest absolute Gasteiger partial charge is 0.380 e. The van der Waals surface area contributed by atoms with Gasteiger partial charge in [-0.25, -0.2) is 0 Å². The Morgan fingerprint density at radius 3 is 2.88 bits per heavy atom. The maximum atomic E-state index is 5.51. The molecule has 4 nitrogen and oxygen atoms in total. The summed E-state index contributed by atoms with van der Waals surface area (Å²) in [6, 6.07) is 2.02. The van der Waals surface area contributed by atoms with Gasteiger partial charge in [0.05, 0.1) is 12.3 Å². The van der Waals surface area contributed by atoms with Crippen molar-refractivity contribution in [1.82, 2.24) is 15.1 Å². The van der Waals surface area contributed by atoms with E-state index in [1.165, 1.54) is 5.69 Å². The van der Waals surface area contributed by atoms with Crippen molar-refractivity contribution in [3.05, 3.63) is 18.0 Å². The van der Waals surface area contributed by atoms with E-state index in [0.29, 0.717) is 0 Å². The number of ether oxygens (including phenoxy) is 1. The van der Waals surface area contributed by atoms with Crippen molar-refractivity contribution in [2.75, 3.05) is 19.8 Å². The van der Waals surface area contributed by atoms with Crippen molar-refractivity contribution in [2.45, 2.75) is 26.8 Å². The fourth-order valence-electron chi connectivity index (χ4n) is 1.36. The molecule has 1 heterocycles.